The van der Waals surface area contributed by atoms with Gasteiger partial charge in [-0.05, 0) is 18.2 Å². The minimum atomic E-state index is -0.453. The maximum absolute atomic E-state index is 12.4. The zero-order valence-electron chi connectivity index (χ0n) is 12.4. The van der Waals surface area contributed by atoms with Crippen molar-refractivity contribution < 1.29 is 4.79 Å². The van der Waals surface area contributed by atoms with Crippen LogP contribution in [0.2, 0.25) is 0 Å². The molecule has 1 aromatic carbocycles. The van der Waals surface area contributed by atoms with Gasteiger partial charge in [0.2, 0.25) is 0 Å². The van der Waals surface area contributed by atoms with Gasteiger partial charge < -0.3 is 10.3 Å². The van der Waals surface area contributed by atoms with Crippen molar-refractivity contribution >= 4 is 27.9 Å². The minimum absolute atomic E-state index is 0.0677. The fourth-order valence-corrected chi connectivity index (χ4v) is 3.16. The number of carbonyl (C=O) groups excluding carboxylic acids is 1. The summed E-state index contributed by atoms with van der Waals surface area (Å²) in [6.07, 6.45) is 5.33. The largest absolute Gasteiger partial charge is 0.328 e. The van der Waals surface area contributed by atoms with E-state index < -0.39 is 11.5 Å². The van der Waals surface area contributed by atoms with E-state index in [2.05, 4.69) is 15.3 Å². The van der Waals surface area contributed by atoms with Gasteiger partial charge in [-0.15, -0.1) is 11.3 Å². The van der Waals surface area contributed by atoms with Gasteiger partial charge in [0.15, 0.2) is 4.96 Å². The summed E-state index contributed by atoms with van der Waals surface area (Å²) in [6.45, 7) is 0. The lowest BCUT2D eigenvalue weighted by Crippen LogP contribution is -2.22. The minimum Gasteiger partial charge on any atom is -0.328 e. The van der Waals surface area contributed by atoms with E-state index in [1.807, 2.05) is 40.4 Å². The Bertz CT molecular complexity index is 1060. The third-order valence-electron chi connectivity index (χ3n) is 3.61. The fraction of sp³-hybridized carbons (Fsp3) is 0. The molecule has 0 radical (unpaired) electrons. The molecule has 6 nitrogen and oxygen atoms in total. The molecule has 7 heteroatoms. The number of anilines is 1. The zero-order chi connectivity index (χ0) is 16.5. The van der Waals surface area contributed by atoms with Crippen LogP contribution in [0, 0.1) is 0 Å². The third-order valence-corrected chi connectivity index (χ3v) is 4.38. The van der Waals surface area contributed by atoms with E-state index in [4.69, 9.17) is 0 Å². The normalized spacial score (nSPS) is 10.8. The molecule has 0 spiro atoms. The average Bonchev–Trinajstić information content (AvgIpc) is 3.17. The molecule has 3 heterocycles. The highest BCUT2D eigenvalue weighted by molar-refractivity contribution is 7.15. The molecule has 24 heavy (non-hydrogen) atoms. The van der Waals surface area contributed by atoms with Gasteiger partial charge in [-0.1, -0.05) is 18.2 Å². The summed E-state index contributed by atoms with van der Waals surface area (Å²) in [4.78, 5) is 32.1. The van der Waals surface area contributed by atoms with Crippen LogP contribution in [-0.4, -0.2) is 20.3 Å². The number of aromatic amines is 1. The Balaban J connectivity index is 1.72. The number of thiazole rings is 1. The lowest BCUT2D eigenvalue weighted by Gasteiger charge is -2.09. The summed E-state index contributed by atoms with van der Waals surface area (Å²) in [7, 11) is 0. The summed E-state index contributed by atoms with van der Waals surface area (Å²) >= 11 is 1.54. The molecule has 0 atom stereocenters. The molecule has 0 aliphatic heterocycles. The molecule has 3 aromatic heterocycles. The SMILES string of the molecule is O=C(Nc1ccccc1-c1cn2ccsc2n1)c1ccc[nH]c1=O. The van der Waals surface area contributed by atoms with E-state index in [0.717, 1.165) is 16.2 Å². The first kappa shape index (κ1) is 14.4. The Morgan fingerprint density at radius 1 is 1.21 bits per heavy atom. The second-order valence-electron chi connectivity index (χ2n) is 5.13. The van der Waals surface area contributed by atoms with Gasteiger partial charge in [-0.25, -0.2) is 4.98 Å². The number of imidazole rings is 1. The average molecular weight is 336 g/mol. The lowest BCUT2D eigenvalue weighted by atomic mass is 10.1. The number of hydrogen-bond acceptors (Lipinski definition) is 4. The van der Waals surface area contributed by atoms with Crippen LogP contribution in [0.4, 0.5) is 5.69 Å². The smallest absolute Gasteiger partial charge is 0.261 e. The Morgan fingerprint density at radius 2 is 2.08 bits per heavy atom. The third kappa shape index (κ3) is 2.50. The van der Waals surface area contributed by atoms with Gasteiger partial charge in [-0.3, -0.25) is 14.0 Å². The van der Waals surface area contributed by atoms with Crippen molar-refractivity contribution in [3.05, 3.63) is 76.3 Å². The van der Waals surface area contributed by atoms with Gasteiger partial charge in [-0.2, -0.15) is 0 Å². The molecule has 0 unspecified atom stereocenters. The van der Waals surface area contributed by atoms with Gasteiger partial charge in [0.25, 0.3) is 11.5 Å². The Kier molecular flexibility index (Phi) is 3.47. The highest BCUT2D eigenvalue weighted by atomic mass is 32.1. The second-order valence-corrected chi connectivity index (χ2v) is 6.00. The van der Waals surface area contributed by atoms with Crippen LogP contribution < -0.4 is 10.9 Å². The monoisotopic (exact) mass is 336 g/mol. The van der Waals surface area contributed by atoms with E-state index in [1.165, 1.54) is 12.3 Å². The number of nitrogens with one attached hydrogen (secondary N) is 2. The molecule has 0 saturated carbocycles. The number of fused-ring (bicyclic) bond motifs is 1. The highest BCUT2D eigenvalue weighted by Gasteiger charge is 2.14. The predicted molar refractivity (Wildman–Crippen MR) is 93.5 cm³/mol. The Hall–Kier alpha value is -3.19. The molecule has 0 aliphatic carbocycles. The standard InChI is InChI=1S/C17H12N4O2S/c22-15-12(5-3-7-18-15)16(23)19-13-6-2-1-4-11(13)14-10-21-8-9-24-17(21)20-14/h1-10H,(H,18,22)(H,19,23). The van der Waals surface area contributed by atoms with Crippen molar-refractivity contribution in [3.63, 3.8) is 0 Å². The number of carbonyl (C=O) groups is 1. The number of hydrogen-bond donors (Lipinski definition) is 2. The van der Waals surface area contributed by atoms with Crippen molar-refractivity contribution in [3.8, 4) is 11.3 Å². The molecule has 4 aromatic rings. The lowest BCUT2D eigenvalue weighted by molar-refractivity contribution is 0.102. The van der Waals surface area contributed by atoms with Crippen LogP contribution >= 0.6 is 11.3 Å². The highest BCUT2D eigenvalue weighted by Crippen LogP contribution is 2.28. The maximum atomic E-state index is 12.4. The summed E-state index contributed by atoms with van der Waals surface area (Å²) in [5.74, 6) is -0.453. The molecule has 4 rings (SSSR count). The number of H-pyrrole nitrogens is 1. The van der Waals surface area contributed by atoms with Crippen LogP contribution in [0.15, 0.2) is 65.2 Å². The summed E-state index contributed by atoms with van der Waals surface area (Å²) < 4.78 is 1.93. The molecule has 118 valence electrons. The second kappa shape index (κ2) is 5.78. The number of para-hydroxylation sites is 1. The van der Waals surface area contributed by atoms with E-state index in [1.54, 1.807) is 23.5 Å². The van der Waals surface area contributed by atoms with E-state index in [-0.39, 0.29) is 5.56 Å². The molecule has 0 fully saturated rings. The van der Waals surface area contributed by atoms with E-state index in [9.17, 15) is 9.59 Å². The quantitative estimate of drug-likeness (QED) is 0.603. The number of nitrogens with zero attached hydrogens (tertiary/aromatic N) is 2. The van der Waals surface area contributed by atoms with Crippen LogP contribution in [0.25, 0.3) is 16.2 Å². The molecule has 0 aliphatic rings. The topological polar surface area (TPSA) is 79.3 Å². The maximum Gasteiger partial charge on any atom is 0.261 e. The van der Waals surface area contributed by atoms with E-state index >= 15 is 0 Å². The van der Waals surface area contributed by atoms with Crippen LogP contribution in [0.3, 0.4) is 0 Å². The van der Waals surface area contributed by atoms with Crippen molar-refractivity contribution in [2.75, 3.05) is 5.32 Å². The molecule has 0 bridgehead atoms. The molecule has 1 amide bonds. The molecule has 0 saturated heterocycles. The molecule has 2 N–H and O–H groups in total. The van der Waals surface area contributed by atoms with Gasteiger partial charge >= 0.3 is 0 Å². The van der Waals surface area contributed by atoms with E-state index in [0.29, 0.717) is 5.69 Å². The number of benzene rings is 1. The summed E-state index contributed by atoms with van der Waals surface area (Å²) in [5, 5.41) is 4.76. The van der Waals surface area contributed by atoms with Gasteiger partial charge in [0.1, 0.15) is 5.56 Å². The van der Waals surface area contributed by atoms with Crippen molar-refractivity contribution in [2.45, 2.75) is 0 Å². The first-order valence-electron chi connectivity index (χ1n) is 7.23. The van der Waals surface area contributed by atoms with Crippen molar-refractivity contribution in [2.24, 2.45) is 0 Å². The summed E-state index contributed by atoms with van der Waals surface area (Å²) in [5.41, 5.74) is 1.82. The number of aromatic nitrogens is 3. The fourth-order valence-electron chi connectivity index (χ4n) is 2.46. The van der Waals surface area contributed by atoms with Gasteiger partial charge in [0, 0.05) is 29.5 Å². The van der Waals surface area contributed by atoms with Crippen molar-refractivity contribution in [1.29, 1.82) is 0 Å². The first-order chi connectivity index (χ1) is 11.7. The molecular formula is C17H12N4O2S. The Morgan fingerprint density at radius 3 is 2.92 bits per heavy atom. The van der Waals surface area contributed by atoms with Crippen LogP contribution in [0.5, 0.6) is 0 Å². The Labute approximate surface area is 140 Å². The van der Waals surface area contributed by atoms with Crippen molar-refractivity contribution in [1.82, 2.24) is 14.4 Å². The first-order valence-corrected chi connectivity index (χ1v) is 8.11. The number of amides is 1. The van der Waals surface area contributed by atoms with Gasteiger partial charge in [0.05, 0.1) is 11.4 Å². The number of rotatable bonds is 3. The molecular weight excluding hydrogens is 324 g/mol. The predicted octanol–water partition coefficient (Wildman–Crippen LogP) is 3.00. The van der Waals surface area contributed by atoms with Crippen LogP contribution in [0.1, 0.15) is 10.4 Å². The van der Waals surface area contributed by atoms with Crippen LogP contribution in [-0.2, 0) is 0 Å². The summed E-state index contributed by atoms with van der Waals surface area (Å²) in [6, 6.07) is 10.5. The number of pyridine rings is 1. The zero-order valence-corrected chi connectivity index (χ0v) is 13.2.